The molecule has 5 heteroatoms. The van der Waals surface area contributed by atoms with E-state index in [1.165, 1.54) is 12.1 Å². The molecule has 0 aliphatic carbocycles. The molecule has 90 valence electrons. The Kier molecular flexibility index (Phi) is 4.18. The maximum absolute atomic E-state index is 11.9. The fourth-order valence-corrected chi connectivity index (χ4v) is 1.38. The van der Waals surface area contributed by atoms with E-state index in [2.05, 4.69) is 10.1 Å². The molecule has 0 heterocycles. The van der Waals surface area contributed by atoms with Crippen LogP contribution in [0.15, 0.2) is 24.3 Å². The molecule has 2 nitrogen and oxygen atoms in total. The zero-order valence-corrected chi connectivity index (χ0v) is 9.14. The van der Waals surface area contributed by atoms with Crippen LogP contribution < -0.4 is 10.1 Å². The van der Waals surface area contributed by atoms with Crippen LogP contribution in [0, 0.1) is 0 Å². The van der Waals surface area contributed by atoms with Crippen LogP contribution in [0.25, 0.3) is 0 Å². The fraction of sp³-hybridized carbons (Fsp3) is 0.455. The number of nitrogens with one attached hydrogen (secondary N) is 1. The minimum atomic E-state index is -4.63. The normalized spacial score (nSPS) is 13.6. The number of alkyl halides is 3. The van der Waals surface area contributed by atoms with Crippen molar-refractivity contribution in [3.05, 3.63) is 29.8 Å². The quantitative estimate of drug-likeness (QED) is 0.861. The maximum atomic E-state index is 11.9. The van der Waals surface area contributed by atoms with Gasteiger partial charge in [-0.25, -0.2) is 0 Å². The summed E-state index contributed by atoms with van der Waals surface area (Å²) in [4.78, 5) is 0. The monoisotopic (exact) mass is 233 g/mol. The Hall–Kier alpha value is -1.23. The van der Waals surface area contributed by atoms with Gasteiger partial charge in [-0.1, -0.05) is 19.1 Å². The lowest BCUT2D eigenvalue weighted by Crippen LogP contribution is -2.18. The van der Waals surface area contributed by atoms with Crippen molar-refractivity contribution in [3.8, 4) is 5.75 Å². The maximum Gasteiger partial charge on any atom is 0.573 e. The first kappa shape index (κ1) is 12.8. The van der Waals surface area contributed by atoms with Crippen molar-refractivity contribution in [2.45, 2.75) is 26.3 Å². The molecule has 0 aromatic heterocycles. The summed E-state index contributed by atoms with van der Waals surface area (Å²) in [6.07, 6.45) is -4.63. The topological polar surface area (TPSA) is 21.3 Å². The predicted octanol–water partition coefficient (Wildman–Crippen LogP) is 3.26. The van der Waals surface area contributed by atoms with E-state index in [9.17, 15) is 13.2 Å². The van der Waals surface area contributed by atoms with Crippen LogP contribution in [-0.4, -0.2) is 12.9 Å². The van der Waals surface area contributed by atoms with Gasteiger partial charge < -0.3 is 10.1 Å². The second-order valence-electron chi connectivity index (χ2n) is 3.40. The van der Waals surface area contributed by atoms with E-state index in [-0.39, 0.29) is 11.8 Å². The van der Waals surface area contributed by atoms with Crippen molar-refractivity contribution in [2.75, 3.05) is 6.54 Å². The Balaban J connectivity index is 2.68. The van der Waals surface area contributed by atoms with Crippen LogP contribution >= 0.6 is 0 Å². The number of benzene rings is 1. The summed E-state index contributed by atoms with van der Waals surface area (Å²) in [5, 5.41) is 3.17. The molecule has 0 unspecified atom stereocenters. The van der Waals surface area contributed by atoms with Gasteiger partial charge in [-0.3, -0.25) is 0 Å². The summed E-state index contributed by atoms with van der Waals surface area (Å²) in [6.45, 7) is 4.72. The molecule has 1 rings (SSSR count). The molecular formula is C11H14F3NO. The number of ether oxygens (including phenoxy) is 1. The molecule has 0 fully saturated rings. The van der Waals surface area contributed by atoms with E-state index in [4.69, 9.17) is 0 Å². The lowest BCUT2D eigenvalue weighted by Gasteiger charge is -2.14. The first-order valence-electron chi connectivity index (χ1n) is 5.01. The Bertz CT molecular complexity index is 321. The molecule has 0 bridgehead atoms. The molecule has 1 aromatic rings. The highest BCUT2D eigenvalue weighted by Crippen LogP contribution is 2.24. The number of hydrogen-bond acceptors (Lipinski definition) is 2. The van der Waals surface area contributed by atoms with Gasteiger partial charge in [-0.15, -0.1) is 13.2 Å². The van der Waals surface area contributed by atoms with Gasteiger partial charge >= 0.3 is 6.36 Å². The third-order valence-corrected chi connectivity index (χ3v) is 2.12. The van der Waals surface area contributed by atoms with Gasteiger partial charge in [-0.05, 0) is 31.2 Å². The highest BCUT2D eigenvalue weighted by molar-refractivity contribution is 5.29. The lowest BCUT2D eigenvalue weighted by atomic mass is 10.1. The summed E-state index contributed by atoms with van der Waals surface area (Å²) in [6, 6.07) is 5.99. The minimum Gasteiger partial charge on any atom is -0.406 e. The molecule has 1 N–H and O–H groups in total. The van der Waals surface area contributed by atoms with Crippen LogP contribution in [0.3, 0.4) is 0 Å². The number of hydrogen-bond donors (Lipinski definition) is 1. The molecule has 0 radical (unpaired) electrons. The van der Waals surface area contributed by atoms with Crippen molar-refractivity contribution >= 4 is 0 Å². The van der Waals surface area contributed by atoms with Gasteiger partial charge in [0.1, 0.15) is 5.75 Å². The third-order valence-electron chi connectivity index (χ3n) is 2.12. The highest BCUT2D eigenvalue weighted by Gasteiger charge is 2.30. The molecule has 0 amide bonds. The van der Waals surface area contributed by atoms with E-state index in [1.807, 2.05) is 13.8 Å². The van der Waals surface area contributed by atoms with Crippen molar-refractivity contribution in [2.24, 2.45) is 0 Å². The highest BCUT2D eigenvalue weighted by atomic mass is 19.4. The van der Waals surface area contributed by atoms with Gasteiger partial charge in [0.05, 0.1) is 0 Å². The van der Waals surface area contributed by atoms with E-state index in [1.54, 1.807) is 12.1 Å². The summed E-state index contributed by atoms with van der Waals surface area (Å²) in [5.74, 6) is -0.194. The van der Waals surface area contributed by atoms with Gasteiger partial charge in [0.15, 0.2) is 0 Å². The average molecular weight is 233 g/mol. The van der Waals surface area contributed by atoms with Crippen LogP contribution in [0.2, 0.25) is 0 Å². The molecular weight excluding hydrogens is 219 g/mol. The zero-order chi connectivity index (χ0) is 12.2. The number of halogens is 3. The van der Waals surface area contributed by atoms with Crippen LogP contribution in [0.4, 0.5) is 13.2 Å². The molecule has 0 aliphatic rings. The predicted molar refractivity (Wildman–Crippen MR) is 55.2 cm³/mol. The SMILES string of the molecule is CCN[C@@H](C)c1ccc(OC(F)(F)F)cc1. The van der Waals surface area contributed by atoms with Gasteiger partial charge in [0, 0.05) is 6.04 Å². The van der Waals surface area contributed by atoms with E-state index < -0.39 is 6.36 Å². The smallest absolute Gasteiger partial charge is 0.406 e. The Morgan fingerprint density at radius 3 is 2.25 bits per heavy atom. The molecule has 0 aliphatic heterocycles. The largest absolute Gasteiger partial charge is 0.573 e. The summed E-state index contributed by atoms with van der Waals surface area (Å²) >= 11 is 0. The lowest BCUT2D eigenvalue weighted by molar-refractivity contribution is -0.274. The Labute approximate surface area is 92.4 Å². The third kappa shape index (κ3) is 4.10. The summed E-state index contributed by atoms with van der Waals surface area (Å²) < 4.78 is 39.4. The summed E-state index contributed by atoms with van der Waals surface area (Å²) in [7, 11) is 0. The Morgan fingerprint density at radius 2 is 1.81 bits per heavy atom. The Morgan fingerprint density at radius 1 is 1.25 bits per heavy atom. The molecule has 16 heavy (non-hydrogen) atoms. The van der Waals surface area contributed by atoms with Crippen LogP contribution in [0.1, 0.15) is 25.5 Å². The van der Waals surface area contributed by atoms with Crippen LogP contribution in [0.5, 0.6) is 5.75 Å². The molecule has 0 saturated carbocycles. The second-order valence-corrected chi connectivity index (χ2v) is 3.40. The standard InChI is InChI=1S/C11H14F3NO/c1-3-15-8(2)9-4-6-10(7-5-9)16-11(12,13)14/h4-8,15H,3H2,1-2H3/t8-/m0/s1. The second kappa shape index (κ2) is 5.21. The van der Waals surface area contributed by atoms with E-state index >= 15 is 0 Å². The fourth-order valence-electron chi connectivity index (χ4n) is 1.38. The van der Waals surface area contributed by atoms with Crippen molar-refractivity contribution in [1.29, 1.82) is 0 Å². The van der Waals surface area contributed by atoms with Gasteiger partial charge in [0.2, 0.25) is 0 Å². The van der Waals surface area contributed by atoms with Crippen molar-refractivity contribution < 1.29 is 17.9 Å². The van der Waals surface area contributed by atoms with Crippen LogP contribution in [-0.2, 0) is 0 Å². The zero-order valence-electron chi connectivity index (χ0n) is 9.14. The van der Waals surface area contributed by atoms with E-state index in [0.29, 0.717) is 0 Å². The molecule has 0 saturated heterocycles. The molecule has 0 spiro atoms. The van der Waals surface area contributed by atoms with Crippen molar-refractivity contribution in [1.82, 2.24) is 5.32 Å². The van der Waals surface area contributed by atoms with Gasteiger partial charge in [-0.2, -0.15) is 0 Å². The minimum absolute atomic E-state index is 0.116. The van der Waals surface area contributed by atoms with E-state index in [0.717, 1.165) is 12.1 Å². The molecule has 1 atom stereocenters. The number of rotatable bonds is 4. The average Bonchev–Trinajstić information content (AvgIpc) is 2.16. The first-order chi connectivity index (χ1) is 7.42. The summed E-state index contributed by atoms with van der Waals surface area (Å²) in [5.41, 5.74) is 0.927. The molecule has 1 aromatic carbocycles. The van der Waals surface area contributed by atoms with Gasteiger partial charge in [0.25, 0.3) is 0 Å². The van der Waals surface area contributed by atoms with Crippen molar-refractivity contribution in [3.63, 3.8) is 0 Å². The first-order valence-corrected chi connectivity index (χ1v) is 5.01.